The number of hydrogen-bond acceptors (Lipinski definition) is 6. The van der Waals surface area contributed by atoms with Crippen LogP contribution in [0.15, 0.2) is 65.9 Å². The van der Waals surface area contributed by atoms with Crippen LogP contribution in [0.5, 0.6) is 5.75 Å². The van der Waals surface area contributed by atoms with Crippen LogP contribution in [0.4, 0.5) is 11.5 Å². The molecule has 2 heterocycles. The summed E-state index contributed by atoms with van der Waals surface area (Å²) in [5, 5.41) is 6.45. The molecule has 0 aliphatic rings. The molecule has 0 saturated carbocycles. The van der Waals surface area contributed by atoms with Gasteiger partial charge in [0.15, 0.2) is 5.82 Å². The number of benzene rings is 2. The lowest BCUT2D eigenvalue weighted by atomic mass is 10.1. The van der Waals surface area contributed by atoms with Crippen molar-refractivity contribution in [3.8, 4) is 5.75 Å². The number of methoxy groups -OCH3 is 1. The second-order valence-corrected chi connectivity index (χ2v) is 6.44. The number of pyridine rings is 1. The van der Waals surface area contributed by atoms with E-state index < -0.39 is 0 Å². The lowest BCUT2D eigenvalue weighted by Gasteiger charge is -2.13. The summed E-state index contributed by atoms with van der Waals surface area (Å²) >= 11 is 0. The van der Waals surface area contributed by atoms with Gasteiger partial charge in [0.2, 0.25) is 0 Å². The number of nitrogens with one attached hydrogen (secondary N) is 1. The van der Waals surface area contributed by atoms with Crippen molar-refractivity contribution in [2.24, 2.45) is 4.99 Å². The van der Waals surface area contributed by atoms with E-state index in [1.807, 2.05) is 55.6 Å². The Hall–Kier alpha value is -3.80. The van der Waals surface area contributed by atoms with E-state index in [1.165, 1.54) is 0 Å². The van der Waals surface area contributed by atoms with Gasteiger partial charge in [0.1, 0.15) is 11.6 Å². The molecule has 1 N–H and O–H groups in total. The highest BCUT2D eigenvalue weighted by Gasteiger charge is 2.13. The predicted molar refractivity (Wildman–Crippen MR) is 119 cm³/mol. The highest BCUT2D eigenvalue weighted by atomic mass is 16.5. The summed E-state index contributed by atoms with van der Waals surface area (Å²) in [6.45, 7) is 1.94. The number of aliphatic imine (C=N–C) groups is 1. The molecule has 0 atom stereocenters. The van der Waals surface area contributed by atoms with Crippen molar-refractivity contribution in [1.29, 1.82) is 0 Å². The third-order valence-corrected chi connectivity index (χ3v) is 4.66. The quantitative estimate of drug-likeness (QED) is 0.489. The van der Waals surface area contributed by atoms with E-state index in [2.05, 4.69) is 21.4 Å². The fraction of sp³-hybridized carbons (Fsp3) is 0.130. The first-order valence-corrected chi connectivity index (χ1v) is 9.28. The summed E-state index contributed by atoms with van der Waals surface area (Å²) in [5.74, 6) is 2.03. The normalized spacial score (nSPS) is 12.0. The van der Waals surface area contributed by atoms with Gasteiger partial charge in [-0.2, -0.15) is 0 Å². The molecule has 0 radical (unpaired) electrons. The van der Waals surface area contributed by atoms with Crippen molar-refractivity contribution >= 4 is 45.0 Å². The minimum absolute atomic E-state index is 0.603. The molecule has 0 saturated heterocycles. The Morgan fingerprint density at radius 2 is 1.93 bits per heavy atom. The zero-order chi connectivity index (χ0) is 20.2. The summed E-state index contributed by atoms with van der Waals surface area (Å²) in [4.78, 5) is 18.0. The maximum absolute atomic E-state index is 5.41. The van der Waals surface area contributed by atoms with Gasteiger partial charge in [-0.3, -0.25) is 9.98 Å². The van der Waals surface area contributed by atoms with Gasteiger partial charge in [-0.1, -0.05) is 30.3 Å². The zero-order valence-corrected chi connectivity index (χ0v) is 16.5. The minimum atomic E-state index is 0.603. The van der Waals surface area contributed by atoms with Gasteiger partial charge >= 0.3 is 0 Å². The second kappa shape index (κ2) is 8.06. The summed E-state index contributed by atoms with van der Waals surface area (Å²) in [6.07, 6.45) is 7.36. The summed E-state index contributed by atoms with van der Waals surface area (Å²) in [7, 11) is 3.38. The average Bonchev–Trinajstić information content (AvgIpc) is 2.77. The molecule has 4 aromatic rings. The Labute approximate surface area is 169 Å². The minimum Gasteiger partial charge on any atom is -0.497 e. The Morgan fingerprint density at radius 1 is 1.07 bits per heavy atom. The van der Waals surface area contributed by atoms with Crippen LogP contribution in [0.3, 0.4) is 0 Å². The van der Waals surface area contributed by atoms with E-state index in [1.54, 1.807) is 26.6 Å². The molecule has 0 amide bonds. The van der Waals surface area contributed by atoms with Crippen molar-refractivity contribution in [1.82, 2.24) is 15.0 Å². The van der Waals surface area contributed by atoms with E-state index >= 15 is 0 Å². The van der Waals surface area contributed by atoms with Gasteiger partial charge in [-0.05, 0) is 25.1 Å². The molecule has 144 valence electrons. The Balaban J connectivity index is 1.92. The van der Waals surface area contributed by atoms with Crippen LogP contribution in [0.1, 0.15) is 12.7 Å². The molecule has 0 bridgehead atoms. The first-order chi connectivity index (χ1) is 14.2. The number of anilines is 2. The molecule has 6 nitrogen and oxygen atoms in total. The molecular formula is C23H21N5O. The number of hydrogen-bond donors (Lipinski definition) is 1. The molecule has 0 spiro atoms. The monoisotopic (exact) mass is 383 g/mol. The molecule has 6 heteroatoms. The first-order valence-electron chi connectivity index (χ1n) is 9.28. The average molecular weight is 383 g/mol. The number of allylic oxidation sites excluding steroid dienone is 2. The molecule has 0 fully saturated rings. The van der Waals surface area contributed by atoms with Crippen molar-refractivity contribution in [2.75, 3.05) is 19.5 Å². The molecule has 0 aliphatic heterocycles. The molecule has 4 rings (SSSR count). The van der Waals surface area contributed by atoms with E-state index in [0.29, 0.717) is 11.6 Å². The summed E-state index contributed by atoms with van der Waals surface area (Å²) < 4.78 is 5.41. The van der Waals surface area contributed by atoms with E-state index in [9.17, 15) is 0 Å². The zero-order valence-electron chi connectivity index (χ0n) is 16.5. The number of rotatable bonds is 5. The number of fused-ring (bicyclic) bond motifs is 2. The lowest BCUT2D eigenvalue weighted by molar-refractivity contribution is 0.415. The van der Waals surface area contributed by atoms with E-state index in [0.717, 1.165) is 38.7 Å². The standard InChI is InChI=1S/C23H21N5O/c1-4-15(12-24-2)22-26-20-10-9-17(29-3)11-19(20)23(28-22)27-21-14-25-13-16-7-5-6-8-18(16)21/h4-14H,1-3H3,(H,26,27,28)/b15-4+,24-12?. The Kier molecular flexibility index (Phi) is 5.16. The van der Waals surface area contributed by atoms with Gasteiger partial charge in [0.05, 0.1) is 24.5 Å². The van der Waals surface area contributed by atoms with Gasteiger partial charge < -0.3 is 10.1 Å². The van der Waals surface area contributed by atoms with Crippen LogP contribution < -0.4 is 10.1 Å². The van der Waals surface area contributed by atoms with Gasteiger partial charge in [0, 0.05) is 41.2 Å². The third-order valence-electron chi connectivity index (χ3n) is 4.66. The number of aromatic nitrogens is 3. The molecule has 2 aromatic carbocycles. The van der Waals surface area contributed by atoms with Crippen LogP contribution in [-0.4, -0.2) is 35.3 Å². The van der Waals surface area contributed by atoms with Crippen LogP contribution in [0.2, 0.25) is 0 Å². The second-order valence-electron chi connectivity index (χ2n) is 6.44. The predicted octanol–water partition coefficient (Wildman–Crippen LogP) is 5.03. The van der Waals surface area contributed by atoms with Gasteiger partial charge in [-0.25, -0.2) is 9.97 Å². The Morgan fingerprint density at radius 3 is 2.72 bits per heavy atom. The van der Waals surface area contributed by atoms with Crippen LogP contribution in [0, 0.1) is 0 Å². The van der Waals surface area contributed by atoms with Crippen molar-refractivity contribution in [3.63, 3.8) is 0 Å². The van der Waals surface area contributed by atoms with E-state index in [4.69, 9.17) is 14.7 Å². The largest absolute Gasteiger partial charge is 0.497 e. The molecule has 29 heavy (non-hydrogen) atoms. The lowest BCUT2D eigenvalue weighted by Crippen LogP contribution is -2.03. The molecule has 2 aromatic heterocycles. The highest BCUT2D eigenvalue weighted by molar-refractivity contribution is 6.09. The highest BCUT2D eigenvalue weighted by Crippen LogP contribution is 2.31. The Bertz CT molecular complexity index is 1240. The van der Waals surface area contributed by atoms with Crippen molar-refractivity contribution in [3.05, 3.63) is 66.8 Å². The van der Waals surface area contributed by atoms with Gasteiger partial charge in [-0.15, -0.1) is 0 Å². The summed E-state index contributed by atoms with van der Waals surface area (Å²) in [5.41, 5.74) is 2.54. The fourth-order valence-electron chi connectivity index (χ4n) is 3.20. The first kappa shape index (κ1) is 18.6. The topological polar surface area (TPSA) is 72.3 Å². The van der Waals surface area contributed by atoms with Crippen LogP contribution in [0.25, 0.3) is 27.2 Å². The van der Waals surface area contributed by atoms with Crippen molar-refractivity contribution < 1.29 is 4.74 Å². The maximum atomic E-state index is 5.41. The molecular weight excluding hydrogens is 362 g/mol. The number of ether oxygens (including phenoxy) is 1. The fourth-order valence-corrected chi connectivity index (χ4v) is 3.20. The maximum Gasteiger partial charge on any atom is 0.163 e. The van der Waals surface area contributed by atoms with Crippen LogP contribution in [-0.2, 0) is 0 Å². The number of nitrogens with zero attached hydrogens (tertiary/aromatic N) is 4. The summed E-state index contributed by atoms with van der Waals surface area (Å²) in [6, 6.07) is 13.9. The molecule has 0 aliphatic carbocycles. The van der Waals surface area contributed by atoms with E-state index in [-0.39, 0.29) is 0 Å². The molecule has 0 unspecified atom stereocenters. The van der Waals surface area contributed by atoms with Crippen LogP contribution >= 0.6 is 0 Å². The SMILES string of the molecule is C/C=C(\C=NC)c1nc(Nc2cncc3ccccc23)c2cc(OC)ccc2n1. The third kappa shape index (κ3) is 3.65. The van der Waals surface area contributed by atoms with Crippen molar-refractivity contribution in [2.45, 2.75) is 6.92 Å². The van der Waals surface area contributed by atoms with Gasteiger partial charge in [0.25, 0.3) is 0 Å². The smallest absolute Gasteiger partial charge is 0.163 e.